The molecule has 1 rings (SSSR count). The van der Waals surface area contributed by atoms with E-state index in [-0.39, 0.29) is 5.57 Å². The summed E-state index contributed by atoms with van der Waals surface area (Å²) in [4.78, 5) is 21.8. The van der Waals surface area contributed by atoms with Crippen LogP contribution in [0.15, 0.2) is 40.5 Å². The Balaban J connectivity index is 2.53. The van der Waals surface area contributed by atoms with E-state index in [2.05, 4.69) is 26.6 Å². The van der Waals surface area contributed by atoms with Crippen LogP contribution in [0.4, 0.5) is 0 Å². The number of rotatable bonds is 6. The Morgan fingerprint density at radius 1 is 1.35 bits per heavy atom. The summed E-state index contributed by atoms with van der Waals surface area (Å²) >= 11 is 3.32. The molecule has 0 unspecified atom stereocenters. The highest BCUT2D eigenvalue weighted by Gasteiger charge is 2.09. The monoisotopic (exact) mass is 337 g/mol. The van der Waals surface area contributed by atoms with Crippen LogP contribution in [-0.4, -0.2) is 23.5 Å². The predicted octanol–water partition coefficient (Wildman–Crippen LogP) is 1.15. The van der Waals surface area contributed by atoms with Crippen molar-refractivity contribution in [1.82, 2.24) is 10.6 Å². The van der Waals surface area contributed by atoms with Crippen molar-refractivity contribution >= 4 is 27.8 Å². The fraction of sp³-hybridized carbons (Fsp3) is 0.154. The van der Waals surface area contributed by atoms with Gasteiger partial charge in [0.2, 0.25) is 0 Å². The van der Waals surface area contributed by atoms with Crippen LogP contribution in [0.1, 0.15) is 5.56 Å². The Bertz CT molecular complexity index is 561. The number of benzene rings is 1. The highest BCUT2D eigenvalue weighted by atomic mass is 79.9. The molecule has 6 nitrogen and oxygen atoms in total. The lowest BCUT2D eigenvalue weighted by Gasteiger charge is -2.03. The van der Waals surface area contributed by atoms with Gasteiger partial charge in [-0.1, -0.05) is 28.1 Å². The van der Waals surface area contributed by atoms with Crippen molar-refractivity contribution in [3.63, 3.8) is 0 Å². The third-order valence-electron chi connectivity index (χ3n) is 2.23. The lowest BCUT2D eigenvalue weighted by Crippen LogP contribution is -2.30. The zero-order chi connectivity index (χ0) is 15.0. The zero-order valence-electron chi connectivity index (χ0n) is 10.4. The van der Waals surface area contributed by atoms with Crippen LogP contribution < -0.4 is 10.6 Å². The molecule has 0 saturated carbocycles. The summed E-state index contributed by atoms with van der Waals surface area (Å²) in [5, 5.41) is 22.2. The Morgan fingerprint density at radius 3 is 2.55 bits per heavy atom. The molecule has 0 aliphatic carbocycles. The largest absolute Gasteiger partial charge is 0.480 e. The molecule has 0 atom stereocenters. The van der Waals surface area contributed by atoms with Gasteiger partial charge in [0.05, 0.1) is 0 Å². The van der Waals surface area contributed by atoms with Gasteiger partial charge in [-0.15, -0.1) is 0 Å². The van der Waals surface area contributed by atoms with Gasteiger partial charge in [-0.2, -0.15) is 5.26 Å². The van der Waals surface area contributed by atoms with Crippen molar-refractivity contribution < 1.29 is 14.7 Å². The quantitative estimate of drug-likeness (QED) is 0.533. The van der Waals surface area contributed by atoms with E-state index < -0.39 is 18.4 Å². The summed E-state index contributed by atoms with van der Waals surface area (Å²) in [5.74, 6) is -1.89. The first-order valence-electron chi connectivity index (χ1n) is 5.61. The molecule has 1 amide bonds. The standard InChI is InChI=1S/C13H12BrN3O3/c14-11-3-1-9(2-4-11)6-16-7-10(5-15)13(20)17-8-12(18)19/h1-4,7,16H,6,8H2,(H,17,20)(H,18,19)/b10-7-. The minimum Gasteiger partial charge on any atom is -0.480 e. The summed E-state index contributed by atoms with van der Waals surface area (Å²) in [6.07, 6.45) is 1.26. The summed E-state index contributed by atoms with van der Waals surface area (Å²) in [7, 11) is 0. The lowest BCUT2D eigenvalue weighted by atomic mass is 10.2. The van der Waals surface area contributed by atoms with Crippen molar-refractivity contribution in [2.45, 2.75) is 6.54 Å². The van der Waals surface area contributed by atoms with Crippen LogP contribution in [0.3, 0.4) is 0 Å². The van der Waals surface area contributed by atoms with Crippen molar-refractivity contribution in [2.75, 3.05) is 6.54 Å². The maximum Gasteiger partial charge on any atom is 0.322 e. The molecule has 0 aliphatic rings. The van der Waals surface area contributed by atoms with E-state index in [0.717, 1.165) is 10.0 Å². The summed E-state index contributed by atoms with van der Waals surface area (Å²) in [6, 6.07) is 9.25. The van der Waals surface area contributed by atoms with Crippen LogP contribution >= 0.6 is 15.9 Å². The molecule has 0 radical (unpaired) electrons. The third-order valence-corrected chi connectivity index (χ3v) is 2.76. The van der Waals surface area contributed by atoms with Gasteiger partial charge in [0.15, 0.2) is 0 Å². The zero-order valence-corrected chi connectivity index (χ0v) is 12.0. The molecule has 0 aromatic heterocycles. The number of halogens is 1. The number of nitrogens with zero attached hydrogens (tertiary/aromatic N) is 1. The maximum absolute atomic E-state index is 11.5. The fourth-order valence-electron chi connectivity index (χ4n) is 1.27. The van der Waals surface area contributed by atoms with Crippen molar-refractivity contribution in [3.8, 4) is 6.07 Å². The summed E-state index contributed by atoms with van der Waals surface area (Å²) in [6.45, 7) is -0.0742. The topological polar surface area (TPSA) is 102 Å². The Kier molecular flexibility index (Phi) is 6.26. The third kappa shape index (κ3) is 5.54. The number of hydrogen-bond acceptors (Lipinski definition) is 4. The lowest BCUT2D eigenvalue weighted by molar-refractivity contribution is -0.137. The molecule has 3 N–H and O–H groups in total. The van der Waals surface area contributed by atoms with Gasteiger partial charge in [0.25, 0.3) is 5.91 Å². The highest BCUT2D eigenvalue weighted by molar-refractivity contribution is 9.10. The van der Waals surface area contributed by atoms with Crippen molar-refractivity contribution in [2.24, 2.45) is 0 Å². The van der Waals surface area contributed by atoms with Gasteiger partial charge in [0, 0.05) is 17.2 Å². The van der Waals surface area contributed by atoms with Crippen LogP contribution in [-0.2, 0) is 16.1 Å². The van der Waals surface area contributed by atoms with Gasteiger partial charge in [0.1, 0.15) is 18.2 Å². The Labute approximate surface area is 124 Å². The van der Waals surface area contributed by atoms with E-state index >= 15 is 0 Å². The molecular formula is C13H12BrN3O3. The minimum absolute atomic E-state index is 0.177. The second-order valence-electron chi connectivity index (χ2n) is 3.75. The summed E-state index contributed by atoms with van der Waals surface area (Å²) in [5.41, 5.74) is 0.802. The fourth-order valence-corrected chi connectivity index (χ4v) is 1.54. The Hall–Kier alpha value is -2.33. The van der Waals surface area contributed by atoms with Crippen LogP contribution in [0.25, 0.3) is 0 Å². The molecule has 0 heterocycles. The van der Waals surface area contributed by atoms with Gasteiger partial charge >= 0.3 is 5.97 Å². The van der Waals surface area contributed by atoms with E-state index in [4.69, 9.17) is 10.4 Å². The molecule has 1 aromatic carbocycles. The van der Waals surface area contributed by atoms with Crippen LogP contribution in [0.2, 0.25) is 0 Å². The van der Waals surface area contributed by atoms with E-state index in [1.165, 1.54) is 6.20 Å². The van der Waals surface area contributed by atoms with Crippen molar-refractivity contribution in [3.05, 3.63) is 46.1 Å². The number of hydrogen-bond donors (Lipinski definition) is 3. The minimum atomic E-state index is -1.17. The van der Waals surface area contributed by atoms with E-state index in [1.807, 2.05) is 24.3 Å². The van der Waals surface area contributed by atoms with Crippen molar-refractivity contribution in [1.29, 1.82) is 5.26 Å². The van der Waals surface area contributed by atoms with E-state index in [9.17, 15) is 9.59 Å². The number of amides is 1. The molecule has 0 bridgehead atoms. The number of nitrogens with one attached hydrogen (secondary N) is 2. The molecule has 20 heavy (non-hydrogen) atoms. The highest BCUT2D eigenvalue weighted by Crippen LogP contribution is 2.10. The first kappa shape index (κ1) is 15.7. The predicted molar refractivity (Wildman–Crippen MR) is 75.3 cm³/mol. The number of carbonyl (C=O) groups is 2. The average molecular weight is 338 g/mol. The van der Waals surface area contributed by atoms with Gasteiger partial charge in [-0.05, 0) is 17.7 Å². The average Bonchev–Trinajstić information content (AvgIpc) is 2.43. The second-order valence-corrected chi connectivity index (χ2v) is 4.67. The molecule has 1 aromatic rings. The number of carboxylic acid groups (broad SMARTS) is 1. The molecule has 104 valence electrons. The first-order chi connectivity index (χ1) is 9.52. The molecule has 7 heteroatoms. The number of carboxylic acids is 1. The SMILES string of the molecule is N#C/C(=C/NCc1ccc(Br)cc1)C(=O)NCC(=O)O. The van der Waals surface area contributed by atoms with Crippen LogP contribution in [0, 0.1) is 11.3 Å². The first-order valence-corrected chi connectivity index (χ1v) is 6.40. The van der Waals surface area contributed by atoms with Gasteiger partial charge in [-0.3, -0.25) is 9.59 Å². The van der Waals surface area contributed by atoms with E-state index in [0.29, 0.717) is 6.54 Å². The number of carbonyl (C=O) groups excluding carboxylic acids is 1. The number of aliphatic carboxylic acids is 1. The Morgan fingerprint density at radius 2 is 2.00 bits per heavy atom. The molecule has 0 aliphatic heterocycles. The number of nitriles is 1. The van der Waals surface area contributed by atoms with E-state index in [1.54, 1.807) is 6.07 Å². The molecular weight excluding hydrogens is 326 g/mol. The smallest absolute Gasteiger partial charge is 0.322 e. The summed E-state index contributed by atoms with van der Waals surface area (Å²) < 4.78 is 0.961. The normalized spacial score (nSPS) is 10.5. The second kappa shape index (κ2) is 7.96. The molecule has 0 fully saturated rings. The van der Waals surface area contributed by atoms with Crippen LogP contribution in [0.5, 0.6) is 0 Å². The van der Waals surface area contributed by atoms with Gasteiger partial charge < -0.3 is 15.7 Å². The molecule has 0 saturated heterocycles. The maximum atomic E-state index is 11.5. The van der Waals surface area contributed by atoms with Gasteiger partial charge in [-0.25, -0.2) is 0 Å². The molecule has 0 spiro atoms.